The number of hydrogen-bond donors (Lipinski definition) is 1. The summed E-state index contributed by atoms with van der Waals surface area (Å²) < 4.78 is 29.6. The van der Waals surface area contributed by atoms with Crippen LogP contribution in [0, 0.1) is 12.8 Å². The molecule has 140 valence electrons. The summed E-state index contributed by atoms with van der Waals surface area (Å²) in [7, 11) is 1.66. The molecule has 1 aliphatic rings. The molecule has 1 N–H and O–H groups in total. The second-order valence-electron chi connectivity index (χ2n) is 7.01. The topological polar surface area (TPSA) is 71.2 Å². The maximum atomic E-state index is 14.1. The average molecular weight is 364 g/mol. The van der Waals surface area contributed by atoms with Crippen molar-refractivity contribution in [2.45, 2.75) is 32.2 Å². The number of carbonyl (C=O) groups is 1. The van der Waals surface area contributed by atoms with Crippen molar-refractivity contribution >= 4 is 5.91 Å². The zero-order valence-electron chi connectivity index (χ0n) is 15.0. The smallest absolute Gasteiger partial charge is 0.275 e. The maximum absolute atomic E-state index is 14.1. The summed E-state index contributed by atoms with van der Waals surface area (Å²) in [5, 5.41) is 13.8. The van der Waals surface area contributed by atoms with Gasteiger partial charge in [-0.15, -0.1) is 0 Å². The van der Waals surface area contributed by atoms with Gasteiger partial charge in [0.2, 0.25) is 0 Å². The first-order chi connectivity index (χ1) is 12.2. The van der Waals surface area contributed by atoms with Crippen LogP contribution in [0.5, 0.6) is 0 Å². The van der Waals surface area contributed by atoms with Gasteiger partial charge in [-0.1, -0.05) is 13.0 Å². The third-order valence-electron chi connectivity index (χ3n) is 4.75. The van der Waals surface area contributed by atoms with Crippen molar-refractivity contribution in [3.05, 3.63) is 35.8 Å². The van der Waals surface area contributed by atoms with E-state index in [9.17, 15) is 18.7 Å². The molecule has 0 aromatic carbocycles. The molecule has 1 saturated heterocycles. The van der Waals surface area contributed by atoms with Crippen molar-refractivity contribution in [2.75, 3.05) is 13.2 Å². The van der Waals surface area contributed by atoms with E-state index in [0.717, 1.165) is 10.5 Å². The number of hydrogen-bond acceptors (Lipinski definition) is 4. The summed E-state index contributed by atoms with van der Waals surface area (Å²) in [6.07, 6.45) is 2.96. The van der Waals surface area contributed by atoms with Gasteiger partial charge < -0.3 is 10.0 Å². The van der Waals surface area contributed by atoms with Crippen LogP contribution in [0.2, 0.25) is 0 Å². The number of nitrogens with zero attached hydrogens (tertiary/aromatic N) is 4. The summed E-state index contributed by atoms with van der Waals surface area (Å²) in [5.74, 6) is -4.12. The van der Waals surface area contributed by atoms with Crippen LogP contribution < -0.4 is 0 Å². The average Bonchev–Trinajstić information content (AvgIpc) is 2.95. The number of aliphatic hydroxyl groups excluding tert-OH is 1. The van der Waals surface area contributed by atoms with Gasteiger partial charge in [0, 0.05) is 25.9 Å². The van der Waals surface area contributed by atoms with Gasteiger partial charge in [-0.2, -0.15) is 5.10 Å². The molecule has 0 aliphatic carbocycles. The fourth-order valence-corrected chi connectivity index (χ4v) is 3.44. The number of aryl methyl sites for hydroxylation is 2. The number of rotatable bonds is 3. The molecule has 2 atom stereocenters. The summed E-state index contributed by atoms with van der Waals surface area (Å²) in [5.41, 5.74) is 2.06. The molecule has 3 rings (SSSR count). The Morgan fingerprint density at radius 1 is 1.42 bits per heavy atom. The van der Waals surface area contributed by atoms with Gasteiger partial charge in [-0.3, -0.25) is 14.5 Å². The van der Waals surface area contributed by atoms with E-state index in [0.29, 0.717) is 11.3 Å². The molecule has 2 aromatic heterocycles. The number of amides is 1. The maximum Gasteiger partial charge on any atom is 0.275 e. The fraction of sp³-hybridized carbons (Fsp3) is 0.500. The Balaban J connectivity index is 2.00. The first-order valence-corrected chi connectivity index (χ1v) is 8.48. The molecule has 8 heteroatoms. The number of halogens is 2. The molecular weight excluding hydrogens is 342 g/mol. The molecule has 1 amide bonds. The van der Waals surface area contributed by atoms with Crippen molar-refractivity contribution in [1.29, 1.82) is 0 Å². The Morgan fingerprint density at radius 3 is 2.77 bits per heavy atom. The largest absolute Gasteiger partial charge is 0.394 e. The monoisotopic (exact) mass is 364 g/mol. The Kier molecular flexibility index (Phi) is 4.79. The number of carbonyl (C=O) groups excluding carboxylic acids is 1. The predicted molar refractivity (Wildman–Crippen MR) is 91.8 cm³/mol. The predicted octanol–water partition coefficient (Wildman–Crippen LogP) is 2.27. The molecule has 1 unspecified atom stereocenters. The van der Waals surface area contributed by atoms with Gasteiger partial charge in [0.25, 0.3) is 11.8 Å². The van der Waals surface area contributed by atoms with Crippen LogP contribution >= 0.6 is 0 Å². The molecule has 26 heavy (non-hydrogen) atoms. The number of aromatic nitrogens is 3. The summed E-state index contributed by atoms with van der Waals surface area (Å²) in [6, 6.07) is 2.96. The highest BCUT2D eigenvalue weighted by molar-refractivity contribution is 5.98. The Bertz CT molecular complexity index is 804. The van der Waals surface area contributed by atoms with Crippen LogP contribution in [0.15, 0.2) is 24.5 Å². The molecule has 0 radical (unpaired) electrons. The number of aliphatic hydroxyl groups is 1. The van der Waals surface area contributed by atoms with E-state index in [4.69, 9.17) is 0 Å². The summed E-state index contributed by atoms with van der Waals surface area (Å²) in [6.45, 7) is 2.43. The fourth-order valence-electron chi connectivity index (χ4n) is 3.44. The SMILES string of the molecule is Cc1ccc(-c2cn(C)nc2C(=O)N2CC(F)(F)C[C@@H](C)C2CO)nc1. The minimum Gasteiger partial charge on any atom is -0.394 e. The van der Waals surface area contributed by atoms with Crippen LogP contribution in [0.1, 0.15) is 29.4 Å². The molecule has 1 fully saturated rings. The highest BCUT2D eigenvalue weighted by Gasteiger charge is 2.46. The third-order valence-corrected chi connectivity index (χ3v) is 4.75. The number of likely N-dealkylation sites (tertiary alicyclic amines) is 1. The van der Waals surface area contributed by atoms with E-state index in [1.165, 1.54) is 4.68 Å². The molecular formula is C18H22F2N4O2. The standard InChI is InChI=1S/C18H22F2N4O2/c1-11-4-5-14(21-7-11)13-8-23(3)22-16(13)17(26)24-10-18(19,20)6-12(2)15(24)9-25/h4-5,7-8,12,15,25H,6,9-10H2,1-3H3/t12-,15?/m1/s1. The molecule has 1 aliphatic heterocycles. The van der Waals surface area contributed by atoms with Crippen molar-refractivity contribution < 1.29 is 18.7 Å². The Labute approximate surface area is 150 Å². The zero-order chi connectivity index (χ0) is 19.1. The first kappa shape index (κ1) is 18.4. The lowest BCUT2D eigenvalue weighted by atomic mass is 9.88. The molecule has 0 bridgehead atoms. The van der Waals surface area contributed by atoms with Crippen LogP contribution in [-0.2, 0) is 7.05 Å². The van der Waals surface area contributed by atoms with E-state index in [1.807, 2.05) is 13.0 Å². The van der Waals surface area contributed by atoms with Gasteiger partial charge in [-0.25, -0.2) is 8.78 Å². The Morgan fingerprint density at radius 2 is 2.15 bits per heavy atom. The van der Waals surface area contributed by atoms with Crippen LogP contribution in [0.4, 0.5) is 8.78 Å². The first-order valence-electron chi connectivity index (χ1n) is 8.48. The van der Waals surface area contributed by atoms with Gasteiger partial charge in [0.05, 0.1) is 30.5 Å². The molecule has 6 nitrogen and oxygen atoms in total. The second kappa shape index (κ2) is 6.75. The van der Waals surface area contributed by atoms with Crippen LogP contribution in [-0.4, -0.2) is 55.8 Å². The van der Waals surface area contributed by atoms with E-state index >= 15 is 0 Å². The van der Waals surface area contributed by atoms with Gasteiger partial charge in [0.15, 0.2) is 5.69 Å². The lowest BCUT2D eigenvalue weighted by Gasteiger charge is -2.42. The highest BCUT2D eigenvalue weighted by Crippen LogP contribution is 2.35. The number of pyridine rings is 1. The van der Waals surface area contributed by atoms with Gasteiger partial charge in [0.1, 0.15) is 0 Å². The summed E-state index contributed by atoms with van der Waals surface area (Å²) >= 11 is 0. The van der Waals surface area contributed by atoms with Crippen molar-refractivity contribution in [1.82, 2.24) is 19.7 Å². The normalized spacial score (nSPS) is 22.5. The number of alkyl halides is 2. The van der Waals surface area contributed by atoms with E-state index in [-0.39, 0.29) is 18.7 Å². The van der Waals surface area contributed by atoms with E-state index < -0.39 is 30.3 Å². The van der Waals surface area contributed by atoms with Gasteiger partial charge >= 0.3 is 0 Å². The van der Waals surface area contributed by atoms with Crippen molar-refractivity contribution in [2.24, 2.45) is 13.0 Å². The Hall–Kier alpha value is -2.35. The molecule has 2 aromatic rings. The second-order valence-corrected chi connectivity index (χ2v) is 7.01. The highest BCUT2D eigenvalue weighted by atomic mass is 19.3. The van der Waals surface area contributed by atoms with Crippen LogP contribution in [0.25, 0.3) is 11.3 Å². The summed E-state index contributed by atoms with van der Waals surface area (Å²) in [4.78, 5) is 18.4. The van der Waals surface area contributed by atoms with Crippen LogP contribution in [0.3, 0.4) is 0 Å². The zero-order valence-corrected chi connectivity index (χ0v) is 15.0. The van der Waals surface area contributed by atoms with E-state index in [1.54, 1.807) is 32.4 Å². The minimum absolute atomic E-state index is 0.0622. The van der Waals surface area contributed by atoms with Crippen molar-refractivity contribution in [3.63, 3.8) is 0 Å². The molecule has 0 saturated carbocycles. The minimum atomic E-state index is -2.99. The van der Waals surface area contributed by atoms with Gasteiger partial charge in [-0.05, 0) is 24.5 Å². The molecule has 0 spiro atoms. The van der Waals surface area contributed by atoms with E-state index in [2.05, 4.69) is 10.1 Å². The quantitative estimate of drug-likeness (QED) is 0.907. The lowest BCUT2D eigenvalue weighted by Crippen LogP contribution is -2.56. The lowest BCUT2D eigenvalue weighted by molar-refractivity contribution is -0.0992. The molecule has 3 heterocycles. The number of piperidine rings is 1. The third kappa shape index (κ3) is 3.46. The van der Waals surface area contributed by atoms with Crippen molar-refractivity contribution in [3.8, 4) is 11.3 Å².